The van der Waals surface area contributed by atoms with Gasteiger partial charge >= 0.3 is 0 Å². The minimum Gasteiger partial charge on any atom is -0.261 e. The monoisotopic (exact) mass is 398 g/mol. The zero-order valence-electron chi connectivity index (χ0n) is 15.0. The van der Waals surface area contributed by atoms with E-state index in [2.05, 4.69) is 0 Å². The molecule has 142 valence electrons. The highest BCUT2D eigenvalue weighted by molar-refractivity contribution is 7.87. The van der Waals surface area contributed by atoms with Crippen molar-refractivity contribution in [2.45, 2.75) is 49.7 Å². The van der Waals surface area contributed by atoms with Crippen LogP contribution in [0.2, 0.25) is 0 Å². The summed E-state index contributed by atoms with van der Waals surface area (Å²) >= 11 is 0. The Bertz CT molecular complexity index is 899. The minimum absolute atomic E-state index is 0.0424. The standard InChI is InChI=1S/C18H22O6S2/c1-13-9-5-7-11-17(13)25(19,20)23-15(3)16(4)24-26(21,22)18-12-8-6-10-14(18)2/h5-12,15-16H,1-4H3. The van der Waals surface area contributed by atoms with Crippen LogP contribution in [0.1, 0.15) is 25.0 Å². The molecule has 26 heavy (non-hydrogen) atoms. The number of rotatable bonds is 7. The molecule has 0 heterocycles. The van der Waals surface area contributed by atoms with E-state index >= 15 is 0 Å². The van der Waals surface area contributed by atoms with Crippen molar-refractivity contribution in [2.24, 2.45) is 0 Å². The lowest BCUT2D eigenvalue weighted by Crippen LogP contribution is -2.31. The van der Waals surface area contributed by atoms with Gasteiger partial charge in [0.2, 0.25) is 0 Å². The van der Waals surface area contributed by atoms with Crippen molar-refractivity contribution in [1.29, 1.82) is 0 Å². The van der Waals surface area contributed by atoms with Crippen molar-refractivity contribution in [3.05, 3.63) is 59.7 Å². The summed E-state index contributed by atoms with van der Waals surface area (Å²) in [5.74, 6) is 0. The quantitative estimate of drug-likeness (QED) is 0.666. The predicted octanol–water partition coefficient (Wildman–Crippen LogP) is 3.19. The summed E-state index contributed by atoms with van der Waals surface area (Å²) in [7, 11) is -8.08. The zero-order valence-corrected chi connectivity index (χ0v) is 16.7. The first kappa shape index (κ1) is 20.6. The van der Waals surface area contributed by atoms with Crippen LogP contribution in [-0.2, 0) is 28.6 Å². The maximum absolute atomic E-state index is 12.4. The van der Waals surface area contributed by atoms with Gasteiger partial charge in [-0.15, -0.1) is 0 Å². The summed E-state index contributed by atoms with van der Waals surface area (Å²) in [6.45, 7) is 6.22. The molecular weight excluding hydrogens is 376 g/mol. The van der Waals surface area contributed by atoms with Crippen molar-refractivity contribution in [2.75, 3.05) is 0 Å². The van der Waals surface area contributed by atoms with Crippen LogP contribution in [0.5, 0.6) is 0 Å². The number of aryl methyl sites for hydroxylation is 2. The SMILES string of the molecule is Cc1ccccc1S(=O)(=O)OC(C)C(C)OS(=O)(=O)c1ccccc1C. The second-order valence-corrected chi connectivity index (χ2v) is 9.12. The van der Waals surface area contributed by atoms with Gasteiger partial charge in [0, 0.05) is 0 Å². The fraction of sp³-hybridized carbons (Fsp3) is 0.333. The molecule has 0 N–H and O–H groups in total. The maximum atomic E-state index is 12.4. The summed E-state index contributed by atoms with van der Waals surface area (Å²) in [4.78, 5) is 0.0848. The van der Waals surface area contributed by atoms with Gasteiger partial charge in [-0.3, -0.25) is 8.37 Å². The van der Waals surface area contributed by atoms with Crippen LogP contribution in [-0.4, -0.2) is 29.0 Å². The highest BCUT2D eigenvalue weighted by Crippen LogP contribution is 2.23. The zero-order chi connectivity index (χ0) is 19.5. The fourth-order valence-corrected chi connectivity index (χ4v) is 5.07. The number of hydrogen-bond donors (Lipinski definition) is 0. The molecule has 0 fully saturated rings. The number of benzene rings is 2. The fourth-order valence-electron chi connectivity index (χ4n) is 2.33. The topological polar surface area (TPSA) is 86.7 Å². The molecular formula is C18H22O6S2. The smallest absolute Gasteiger partial charge is 0.261 e. The first-order valence-electron chi connectivity index (χ1n) is 8.02. The van der Waals surface area contributed by atoms with Crippen molar-refractivity contribution in [3.8, 4) is 0 Å². The lowest BCUT2D eigenvalue weighted by Gasteiger charge is -2.21. The van der Waals surface area contributed by atoms with Crippen LogP contribution in [0.15, 0.2) is 58.3 Å². The molecule has 0 saturated heterocycles. The third-order valence-corrected chi connectivity index (χ3v) is 7.05. The van der Waals surface area contributed by atoms with Crippen LogP contribution in [0.4, 0.5) is 0 Å². The third kappa shape index (κ3) is 4.70. The molecule has 6 nitrogen and oxygen atoms in total. The van der Waals surface area contributed by atoms with Crippen LogP contribution < -0.4 is 0 Å². The summed E-state index contributed by atoms with van der Waals surface area (Å²) in [6.07, 6.45) is -2.00. The Balaban J connectivity index is 2.16. The van der Waals surface area contributed by atoms with Crippen LogP contribution in [0.25, 0.3) is 0 Å². The average molecular weight is 399 g/mol. The van der Waals surface area contributed by atoms with Gasteiger partial charge < -0.3 is 0 Å². The van der Waals surface area contributed by atoms with Crippen molar-refractivity contribution in [3.63, 3.8) is 0 Å². The van der Waals surface area contributed by atoms with Gasteiger partial charge in [-0.05, 0) is 51.0 Å². The van der Waals surface area contributed by atoms with Crippen molar-refractivity contribution in [1.82, 2.24) is 0 Å². The van der Waals surface area contributed by atoms with E-state index < -0.39 is 32.4 Å². The lowest BCUT2D eigenvalue weighted by molar-refractivity contribution is 0.0870. The van der Waals surface area contributed by atoms with Gasteiger partial charge in [0.05, 0.1) is 9.79 Å². The number of hydrogen-bond acceptors (Lipinski definition) is 6. The Hall–Kier alpha value is -1.74. The third-order valence-electron chi connectivity index (χ3n) is 3.94. The van der Waals surface area contributed by atoms with Crippen LogP contribution >= 0.6 is 0 Å². The van der Waals surface area contributed by atoms with Crippen LogP contribution in [0, 0.1) is 13.8 Å². The summed E-state index contributed by atoms with van der Waals surface area (Å²) in [5.41, 5.74) is 1.08. The molecule has 2 rings (SSSR count). The molecule has 8 heteroatoms. The Morgan fingerprint density at radius 1 is 0.654 bits per heavy atom. The van der Waals surface area contributed by atoms with E-state index in [0.717, 1.165) is 0 Å². The predicted molar refractivity (Wildman–Crippen MR) is 97.8 cm³/mol. The van der Waals surface area contributed by atoms with E-state index in [1.165, 1.54) is 26.0 Å². The van der Waals surface area contributed by atoms with Gasteiger partial charge in [-0.2, -0.15) is 16.8 Å². The molecule has 0 aliphatic rings. The Labute approximate surface area is 155 Å². The molecule has 0 saturated carbocycles. The van der Waals surface area contributed by atoms with E-state index in [9.17, 15) is 16.8 Å². The normalized spacial score (nSPS) is 14.8. The minimum atomic E-state index is -4.04. The van der Waals surface area contributed by atoms with Gasteiger partial charge in [0.15, 0.2) is 0 Å². The molecule has 2 aromatic rings. The molecule has 2 aromatic carbocycles. The largest absolute Gasteiger partial charge is 0.297 e. The van der Waals surface area contributed by atoms with Crippen molar-refractivity contribution >= 4 is 20.2 Å². The second-order valence-electron chi connectivity index (χ2n) is 6.04. The summed E-state index contributed by atoms with van der Waals surface area (Å²) in [6, 6.07) is 12.8. The Morgan fingerprint density at radius 2 is 0.962 bits per heavy atom. The molecule has 0 aliphatic heterocycles. The van der Waals surface area contributed by atoms with Gasteiger partial charge in [0.25, 0.3) is 20.2 Å². The van der Waals surface area contributed by atoms with Gasteiger partial charge in [-0.25, -0.2) is 0 Å². The van der Waals surface area contributed by atoms with Crippen molar-refractivity contribution < 1.29 is 25.2 Å². The van der Waals surface area contributed by atoms with Gasteiger partial charge in [-0.1, -0.05) is 36.4 Å². The Morgan fingerprint density at radius 3 is 1.27 bits per heavy atom. The molecule has 0 spiro atoms. The second kappa shape index (κ2) is 7.87. The molecule has 2 atom stereocenters. The lowest BCUT2D eigenvalue weighted by atomic mass is 10.2. The molecule has 0 aliphatic carbocycles. The first-order chi connectivity index (χ1) is 12.0. The first-order valence-corrected chi connectivity index (χ1v) is 10.8. The van der Waals surface area contributed by atoms with Crippen LogP contribution in [0.3, 0.4) is 0 Å². The molecule has 0 aromatic heterocycles. The summed E-state index contributed by atoms with van der Waals surface area (Å²) in [5, 5.41) is 0. The maximum Gasteiger partial charge on any atom is 0.297 e. The van der Waals surface area contributed by atoms with E-state index in [-0.39, 0.29) is 9.79 Å². The Kier molecular flexibility index (Phi) is 6.23. The highest BCUT2D eigenvalue weighted by atomic mass is 32.2. The average Bonchev–Trinajstić information content (AvgIpc) is 2.54. The van der Waals surface area contributed by atoms with E-state index in [4.69, 9.17) is 8.37 Å². The van der Waals surface area contributed by atoms with Gasteiger partial charge in [0.1, 0.15) is 12.2 Å². The molecule has 2 unspecified atom stereocenters. The highest BCUT2D eigenvalue weighted by Gasteiger charge is 2.29. The van der Waals surface area contributed by atoms with E-state index in [1.807, 2.05) is 0 Å². The molecule has 0 amide bonds. The molecule has 0 bridgehead atoms. The van der Waals surface area contributed by atoms with E-state index in [1.54, 1.807) is 50.2 Å². The summed E-state index contributed by atoms with van der Waals surface area (Å²) < 4.78 is 60.0. The molecule has 0 radical (unpaired) electrons. The van der Waals surface area contributed by atoms with E-state index in [0.29, 0.717) is 11.1 Å².